The maximum atomic E-state index is 12.9. The molecule has 1 aliphatic rings. The molecule has 0 saturated carbocycles. The third-order valence-corrected chi connectivity index (χ3v) is 4.74. The summed E-state index contributed by atoms with van der Waals surface area (Å²) < 4.78 is 1.64. The van der Waals surface area contributed by atoms with E-state index in [9.17, 15) is 4.79 Å². The lowest BCUT2D eigenvalue weighted by molar-refractivity contribution is 0.197. The highest BCUT2D eigenvalue weighted by molar-refractivity contribution is 5.89. The van der Waals surface area contributed by atoms with Crippen LogP contribution >= 0.6 is 0 Å². The van der Waals surface area contributed by atoms with Gasteiger partial charge in [-0.1, -0.05) is 12.1 Å². The van der Waals surface area contributed by atoms with Crippen molar-refractivity contribution in [3.05, 3.63) is 48.9 Å². The van der Waals surface area contributed by atoms with Crippen molar-refractivity contribution in [3.63, 3.8) is 0 Å². The molecule has 4 rings (SSSR count). The maximum Gasteiger partial charge on any atom is 0.330 e. The van der Waals surface area contributed by atoms with Crippen LogP contribution in [-0.2, 0) is 0 Å². The van der Waals surface area contributed by atoms with Gasteiger partial charge in [0, 0.05) is 38.4 Å². The van der Waals surface area contributed by atoms with Gasteiger partial charge in [0.1, 0.15) is 6.33 Å². The molecule has 1 saturated heterocycles. The maximum absolute atomic E-state index is 12.9. The van der Waals surface area contributed by atoms with E-state index in [-0.39, 0.29) is 6.03 Å². The van der Waals surface area contributed by atoms with E-state index in [0.29, 0.717) is 19.1 Å². The SMILES string of the molecule is CC(C)Nc1cccnc1N1CCN(C(=O)n2cnc3ccccc32)CC1. The number of piperazine rings is 1. The minimum Gasteiger partial charge on any atom is -0.380 e. The Hall–Kier alpha value is -3.09. The number of nitrogens with zero attached hydrogens (tertiary/aromatic N) is 5. The predicted molar refractivity (Wildman–Crippen MR) is 107 cm³/mol. The molecule has 140 valence electrons. The summed E-state index contributed by atoms with van der Waals surface area (Å²) >= 11 is 0. The lowest BCUT2D eigenvalue weighted by Crippen LogP contribution is -2.50. The number of anilines is 2. The number of carbonyl (C=O) groups is 1. The van der Waals surface area contributed by atoms with Gasteiger partial charge in [-0.15, -0.1) is 0 Å². The van der Waals surface area contributed by atoms with Gasteiger partial charge in [-0.05, 0) is 38.1 Å². The molecule has 3 heterocycles. The Balaban J connectivity index is 1.47. The van der Waals surface area contributed by atoms with E-state index in [2.05, 4.69) is 40.1 Å². The van der Waals surface area contributed by atoms with Crippen LogP contribution in [0.15, 0.2) is 48.9 Å². The highest BCUT2D eigenvalue weighted by Crippen LogP contribution is 2.25. The van der Waals surface area contributed by atoms with Crippen molar-refractivity contribution < 1.29 is 4.79 Å². The molecule has 0 aliphatic carbocycles. The smallest absolute Gasteiger partial charge is 0.330 e. The predicted octanol–water partition coefficient (Wildman–Crippen LogP) is 3.04. The van der Waals surface area contributed by atoms with Crippen LogP contribution in [0.4, 0.5) is 16.3 Å². The number of hydrogen-bond donors (Lipinski definition) is 1. The molecule has 7 nitrogen and oxygen atoms in total. The van der Waals surface area contributed by atoms with Gasteiger partial charge >= 0.3 is 6.03 Å². The van der Waals surface area contributed by atoms with E-state index >= 15 is 0 Å². The second kappa shape index (κ2) is 7.26. The molecule has 2 aromatic heterocycles. The minimum absolute atomic E-state index is 0.0232. The number of aromatic nitrogens is 3. The van der Waals surface area contributed by atoms with E-state index < -0.39 is 0 Å². The molecule has 0 unspecified atom stereocenters. The zero-order valence-corrected chi connectivity index (χ0v) is 15.7. The number of rotatable bonds is 3. The summed E-state index contributed by atoms with van der Waals surface area (Å²) in [6.07, 6.45) is 3.43. The second-order valence-corrected chi connectivity index (χ2v) is 7.03. The molecule has 1 aromatic carbocycles. The number of fused-ring (bicyclic) bond motifs is 1. The van der Waals surface area contributed by atoms with Gasteiger partial charge in [-0.3, -0.25) is 4.57 Å². The Morgan fingerprint density at radius 1 is 1.04 bits per heavy atom. The van der Waals surface area contributed by atoms with Crippen molar-refractivity contribution >= 4 is 28.6 Å². The van der Waals surface area contributed by atoms with Gasteiger partial charge in [0.2, 0.25) is 0 Å². The van der Waals surface area contributed by atoms with Crippen molar-refractivity contribution in [2.75, 3.05) is 36.4 Å². The summed E-state index contributed by atoms with van der Waals surface area (Å²) in [6, 6.07) is 12.0. The fraction of sp³-hybridized carbons (Fsp3) is 0.350. The van der Waals surface area contributed by atoms with Crippen LogP contribution < -0.4 is 10.2 Å². The van der Waals surface area contributed by atoms with Gasteiger partial charge in [0.15, 0.2) is 5.82 Å². The number of pyridine rings is 1. The van der Waals surface area contributed by atoms with E-state index in [4.69, 9.17) is 0 Å². The average molecular weight is 364 g/mol. The third-order valence-electron chi connectivity index (χ3n) is 4.74. The highest BCUT2D eigenvalue weighted by Gasteiger charge is 2.25. The molecule has 1 fully saturated rings. The van der Waals surface area contributed by atoms with Crippen LogP contribution in [0.5, 0.6) is 0 Å². The molecule has 1 amide bonds. The van der Waals surface area contributed by atoms with Crippen molar-refractivity contribution in [1.82, 2.24) is 19.4 Å². The van der Waals surface area contributed by atoms with Gasteiger partial charge in [-0.2, -0.15) is 0 Å². The quantitative estimate of drug-likeness (QED) is 0.774. The molecule has 27 heavy (non-hydrogen) atoms. The molecule has 7 heteroatoms. The number of amides is 1. The summed E-state index contributed by atoms with van der Waals surface area (Å²) in [6.45, 7) is 7.04. The Kier molecular flexibility index (Phi) is 4.66. The summed E-state index contributed by atoms with van der Waals surface area (Å²) in [7, 11) is 0. The molecular formula is C20H24N6O. The molecule has 0 bridgehead atoms. The van der Waals surface area contributed by atoms with Gasteiger partial charge in [0.05, 0.1) is 16.7 Å². The monoisotopic (exact) mass is 364 g/mol. The number of imidazole rings is 1. The number of para-hydroxylation sites is 2. The standard InChI is InChI=1S/C20H24N6O/c1-15(2)23-17-7-5-9-21-19(17)24-10-12-25(13-11-24)20(27)26-14-22-16-6-3-4-8-18(16)26/h3-9,14-15,23H,10-13H2,1-2H3. The van der Waals surface area contributed by atoms with Crippen molar-refractivity contribution in [3.8, 4) is 0 Å². The summed E-state index contributed by atoms with van der Waals surface area (Å²) in [5.74, 6) is 0.950. The first-order chi connectivity index (χ1) is 13.1. The van der Waals surface area contributed by atoms with Crippen LogP contribution in [0.2, 0.25) is 0 Å². The highest BCUT2D eigenvalue weighted by atomic mass is 16.2. The average Bonchev–Trinajstić information content (AvgIpc) is 3.12. The van der Waals surface area contributed by atoms with Crippen LogP contribution in [0.3, 0.4) is 0 Å². The first-order valence-electron chi connectivity index (χ1n) is 9.31. The zero-order valence-electron chi connectivity index (χ0n) is 15.7. The molecule has 1 N–H and O–H groups in total. The Morgan fingerprint density at radius 2 is 1.81 bits per heavy atom. The Bertz CT molecular complexity index is 942. The van der Waals surface area contributed by atoms with Gasteiger partial charge in [-0.25, -0.2) is 14.8 Å². The van der Waals surface area contributed by atoms with Crippen molar-refractivity contribution in [2.24, 2.45) is 0 Å². The molecular weight excluding hydrogens is 340 g/mol. The topological polar surface area (TPSA) is 66.3 Å². The molecule has 3 aromatic rings. The van der Waals surface area contributed by atoms with Gasteiger partial charge in [0.25, 0.3) is 0 Å². The fourth-order valence-corrected chi connectivity index (χ4v) is 3.45. The van der Waals surface area contributed by atoms with E-state index in [1.165, 1.54) is 0 Å². The third kappa shape index (κ3) is 3.45. The minimum atomic E-state index is -0.0232. The molecule has 0 atom stereocenters. The number of nitrogens with one attached hydrogen (secondary N) is 1. The number of carbonyl (C=O) groups excluding carboxylic acids is 1. The van der Waals surface area contributed by atoms with E-state index in [0.717, 1.165) is 35.6 Å². The normalized spacial score (nSPS) is 14.8. The second-order valence-electron chi connectivity index (χ2n) is 7.03. The molecule has 1 aliphatic heterocycles. The van der Waals surface area contributed by atoms with Crippen LogP contribution in [0, 0.1) is 0 Å². The summed E-state index contributed by atoms with van der Waals surface area (Å²) in [5.41, 5.74) is 2.72. The number of hydrogen-bond acceptors (Lipinski definition) is 5. The lowest BCUT2D eigenvalue weighted by Gasteiger charge is -2.36. The molecule has 0 spiro atoms. The first-order valence-corrected chi connectivity index (χ1v) is 9.31. The van der Waals surface area contributed by atoms with Crippen LogP contribution in [0.25, 0.3) is 11.0 Å². The lowest BCUT2D eigenvalue weighted by atomic mass is 10.2. The van der Waals surface area contributed by atoms with Crippen molar-refractivity contribution in [2.45, 2.75) is 19.9 Å². The van der Waals surface area contributed by atoms with Crippen molar-refractivity contribution in [1.29, 1.82) is 0 Å². The van der Waals surface area contributed by atoms with E-state index in [1.807, 2.05) is 41.4 Å². The Morgan fingerprint density at radius 3 is 2.59 bits per heavy atom. The summed E-state index contributed by atoms with van der Waals surface area (Å²) in [5, 5.41) is 3.45. The van der Waals surface area contributed by atoms with Crippen LogP contribution in [0.1, 0.15) is 13.8 Å². The first kappa shape index (κ1) is 17.3. The zero-order chi connectivity index (χ0) is 18.8. The van der Waals surface area contributed by atoms with Gasteiger partial charge < -0.3 is 15.1 Å². The van der Waals surface area contributed by atoms with E-state index in [1.54, 1.807) is 10.9 Å². The van der Waals surface area contributed by atoms with Crippen LogP contribution in [-0.4, -0.2) is 57.7 Å². The largest absolute Gasteiger partial charge is 0.380 e. The number of benzene rings is 1. The Labute approximate surface area is 158 Å². The fourth-order valence-electron chi connectivity index (χ4n) is 3.45. The molecule has 0 radical (unpaired) electrons. The summed E-state index contributed by atoms with van der Waals surface area (Å²) in [4.78, 5) is 25.9.